The molecule has 2 aliphatic heterocycles. The zero-order chi connectivity index (χ0) is 36.8. The summed E-state index contributed by atoms with van der Waals surface area (Å²) in [5.74, 6) is -3.11. The van der Waals surface area contributed by atoms with E-state index in [1.54, 1.807) is 35.5 Å². The molecule has 5 N–H and O–H groups in total. The number of ether oxygens (including phenoxy) is 2. The number of phenols is 2. The lowest BCUT2D eigenvalue weighted by Crippen LogP contribution is -2.45. The minimum Gasteiger partial charge on any atom is -0.533 e. The molecule has 4 aromatic heterocycles. The number of halogens is 5. The van der Waals surface area contributed by atoms with Gasteiger partial charge in [-0.25, -0.2) is 27.5 Å². The van der Waals surface area contributed by atoms with Crippen LogP contribution in [0.5, 0.6) is 28.7 Å². The van der Waals surface area contributed by atoms with Crippen LogP contribution in [0.4, 0.5) is 17.6 Å². The molecule has 2 aromatic carbocycles. The molecule has 2 aliphatic rings. The average Bonchev–Trinajstić information content (AvgIpc) is 3.71. The maximum Gasteiger partial charge on any atom is 0.569 e. The summed E-state index contributed by atoms with van der Waals surface area (Å²) >= 11 is 3.47. The molecular formula is C34H31BBrF4N6O6. The summed E-state index contributed by atoms with van der Waals surface area (Å²) in [6.07, 6.45) is 10.3. The normalized spacial score (nSPS) is 14.0. The third-order valence-electron chi connectivity index (χ3n) is 8.08. The van der Waals surface area contributed by atoms with Crippen molar-refractivity contribution in [1.29, 1.82) is 0 Å². The van der Waals surface area contributed by atoms with E-state index in [4.69, 9.17) is 19.6 Å². The molecule has 271 valence electrons. The molecule has 8 rings (SSSR count). The van der Waals surface area contributed by atoms with Gasteiger partial charge in [0.15, 0.2) is 17.4 Å². The number of hydrogen-bond donors (Lipinski definition) is 5. The maximum atomic E-state index is 14.2. The topological polar surface area (TPSA) is 147 Å². The van der Waals surface area contributed by atoms with Crippen molar-refractivity contribution in [1.82, 2.24) is 29.4 Å². The van der Waals surface area contributed by atoms with Crippen LogP contribution in [0.2, 0.25) is 0 Å². The number of benzene rings is 2. The van der Waals surface area contributed by atoms with Gasteiger partial charge in [0.05, 0.1) is 43.8 Å². The number of aromatic hydroxyl groups is 2. The number of rotatable bonds is 9. The van der Waals surface area contributed by atoms with E-state index in [1.165, 1.54) is 0 Å². The number of imidazole rings is 2. The SMILES string of the molecule is Brc1cc(OCC2CNC2)c2cncn2c1.O[B]Oc1c(F)cc(O)cc1F.Oc1cc(F)c(-c2cc(OCC3CNC3)c3cncn3c2)c(F)c1. The Kier molecular flexibility index (Phi) is 11.7. The lowest BCUT2D eigenvalue weighted by Gasteiger charge is -2.27. The summed E-state index contributed by atoms with van der Waals surface area (Å²) in [4.78, 5) is 8.17. The molecule has 0 bridgehead atoms. The number of aromatic nitrogens is 4. The molecule has 1 radical (unpaired) electrons. The largest absolute Gasteiger partial charge is 0.569 e. The first-order valence-corrected chi connectivity index (χ1v) is 16.6. The highest BCUT2D eigenvalue weighted by Gasteiger charge is 2.21. The van der Waals surface area contributed by atoms with Crippen LogP contribution in [0.25, 0.3) is 22.2 Å². The summed E-state index contributed by atoms with van der Waals surface area (Å²) in [5, 5.41) is 32.5. The van der Waals surface area contributed by atoms with Gasteiger partial charge in [0.1, 0.15) is 45.7 Å². The van der Waals surface area contributed by atoms with Crippen LogP contribution < -0.4 is 24.8 Å². The number of nitrogens with one attached hydrogen (secondary N) is 2. The molecule has 6 heterocycles. The predicted molar refractivity (Wildman–Crippen MR) is 185 cm³/mol. The van der Waals surface area contributed by atoms with Crippen LogP contribution in [0, 0.1) is 35.1 Å². The fraction of sp³-hybridized carbons (Fsp3) is 0.235. The minimum atomic E-state index is -1.09. The van der Waals surface area contributed by atoms with Crippen molar-refractivity contribution in [2.24, 2.45) is 11.8 Å². The second-order valence-electron chi connectivity index (χ2n) is 11.9. The Balaban J connectivity index is 0.000000144. The van der Waals surface area contributed by atoms with Crippen molar-refractivity contribution in [3.8, 4) is 39.9 Å². The van der Waals surface area contributed by atoms with Crippen LogP contribution in [-0.2, 0) is 0 Å². The fourth-order valence-corrected chi connectivity index (χ4v) is 5.66. The molecule has 0 unspecified atom stereocenters. The first-order chi connectivity index (χ1) is 25.1. The van der Waals surface area contributed by atoms with Crippen molar-refractivity contribution in [2.45, 2.75) is 0 Å². The Morgan fingerprint density at radius 3 is 1.69 bits per heavy atom. The third-order valence-corrected chi connectivity index (χ3v) is 8.52. The molecule has 0 saturated carbocycles. The van der Waals surface area contributed by atoms with Crippen molar-refractivity contribution in [3.63, 3.8) is 0 Å². The van der Waals surface area contributed by atoms with E-state index in [0.717, 1.165) is 66.2 Å². The molecule has 6 aromatic rings. The van der Waals surface area contributed by atoms with E-state index in [2.05, 4.69) is 41.2 Å². The molecule has 0 aliphatic carbocycles. The van der Waals surface area contributed by atoms with E-state index >= 15 is 0 Å². The van der Waals surface area contributed by atoms with Gasteiger partial charge in [-0.2, -0.15) is 0 Å². The van der Waals surface area contributed by atoms with Crippen LogP contribution in [0.3, 0.4) is 0 Å². The summed E-state index contributed by atoms with van der Waals surface area (Å²) < 4.78 is 74.0. The Labute approximate surface area is 303 Å². The smallest absolute Gasteiger partial charge is 0.533 e. The van der Waals surface area contributed by atoms with E-state index in [-0.39, 0.29) is 13.2 Å². The number of nitrogens with zero attached hydrogens (tertiary/aromatic N) is 4. The predicted octanol–water partition coefficient (Wildman–Crippen LogP) is 4.85. The van der Waals surface area contributed by atoms with Gasteiger partial charge in [-0.15, -0.1) is 0 Å². The fourth-order valence-electron chi connectivity index (χ4n) is 5.23. The van der Waals surface area contributed by atoms with E-state index in [1.807, 2.05) is 22.9 Å². The molecule has 2 saturated heterocycles. The van der Waals surface area contributed by atoms with Gasteiger partial charge in [-0.05, 0) is 28.1 Å². The Hall–Kier alpha value is -5.04. The average molecular weight is 786 g/mol. The minimum absolute atomic E-state index is 0.151. The number of fused-ring (bicyclic) bond motifs is 2. The summed E-state index contributed by atoms with van der Waals surface area (Å²) in [5.41, 5.74) is 1.84. The molecule has 0 spiro atoms. The number of pyridine rings is 2. The Morgan fingerprint density at radius 2 is 1.21 bits per heavy atom. The van der Waals surface area contributed by atoms with Crippen LogP contribution in [-0.4, -0.2) is 81.1 Å². The third kappa shape index (κ3) is 8.70. The monoisotopic (exact) mass is 785 g/mol. The quantitative estimate of drug-likeness (QED) is 0.102. The van der Waals surface area contributed by atoms with Gasteiger partial charge >= 0.3 is 7.69 Å². The second kappa shape index (κ2) is 16.5. The number of phenolic OH excluding ortho intramolecular Hbond substituents is 2. The van der Waals surface area contributed by atoms with Crippen LogP contribution in [0.1, 0.15) is 0 Å². The van der Waals surface area contributed by atoms with Gasteiger partial charge < -0.3 is 48.8 Å². The standard InChI is InChI=1S/C17H15F2N3O2.C11H12BrN3O.C6H4BF2O3/c18-13-2-12(23)3-14(19)17(13)11-1-16(24-8-10-4-20-5-10)15-6-21-9-22(15)7-11;12-9-1-11(16-6-8-2-13-3-8)10-4-14-7-15(10)5-9;8-4-1-3(10)2-5(9)6(4)12-7-11/h1-3,6-7,9-10,20,23H,4-5,8H2;1,4-5,7-8,13H,2-3,6H2;1-2,10-11H. The van der Waals surface area contributed by atoms with Gasteiger partial charge in [-0.3, -0.25) is 0 Å². The second-order valence-corrected chi connectivity index (χ2v) is 12.8. The van der Waals surface area contributed by atoms with Crippen molar-refractivity contribution < 1.29 is 46.9 Å². The molecular weight excluding hydrogens is 755 g/mol. The van der Waals surface area contributed by atoms with Gasteiger partial charge in [0.25, 0.3) is 0 Å². The van der Waals surface area contributed by atoms with Crippen molar-refractivity contribution in [3.05, 3.63) is 102 Å². The summed E-state index contributed by atoms with van der Waals surface area (Å²) in [6.45, 7) is 5.21. The first kappa shape index (κ1) is 36.7. The zero-order valence-corrected chi connectivity index (χ0v) is 28.7. The molecule has 12 nitrogen and oxygen atoms in total. The molecule has 52 heavy (non-hydrogen) atoms. The first-order valence-electron chi connectivity index (χ1n) is 15.8. The van der Waals surface area contributed by atoms with Gasteiger partial charge in [0, 0.05) is 84.7 Å². The Bertz CT molecular complexity index is 2120. The highest BCUT2D eigenvalue weighted by atomic mass is 79.9. The molecule has 18 heteroatoms. The van der Waals surface area contributed by atoms with Crippen molar-refractivity contribution in [2.75, 3.05) is 39.4 Å². The highest BCUT2D eigenvalue weighted by molar-refractivity contribution is 9.10. The van der Waals surface area contributed by atoms with Gasteiger partial charge in [-0.1, -0.05) is 0 Å². The molecule has 0 atom stereocenters. The summed E-state index contributed by atoms with van der Waals surface area (Å²) in [6, 6.07) is 6.70. The van der Waals surface area contributed by atoms with E-state index < -0.39 is 40.5 Å². The van der Waals surface area contributed by atoms with E-state index in [0.29, 0.717) is 41.9 Å². The molecule has 2 fully saturated rings. The number of hydrogen-bond acceptors (Lipinski definition) is 10. The van der Waals surface area contributed by atoms with E-state index in [9.17, 15) is 22.7 Å². The van der Waals surface area contributed by atoms with Crippen LogP contribution >= 0.6 is 15.9 Å². The molecule has 0 amide bonds. The highest BCUT2D eigenvalue weighted by Crippen LogP contribution is 2.34. The van der Waals surface area contributed by atoms with Gasteiger partial charge in [0.2, 0.25) is 0 Å². The summed E-state index contributed by atoms with van der Waals surface area (Å²) in [7, 11) is 0.151. The van der Waals surface area contributed by atoms with Crippen molar-refractivity contribution >= 4 is 34.6 Å². The maximum absolute atomic E-state index is 14.2. The Morgan fingerprint density at radius 1 is 0.731 bits per heavy atom. The zero-order valence-electron chi connectivity index (χ0n) is 27.1. The lowest BCUT2D eigenvalue weighted by molar-refractivity contribution is 0.200. The van der Waals surface area contributed by atoms with Crippen LogP contribution in [0.15, 0.2) is 78.3 Å². The lowest BCUT2D eigenvalue weighted by atomic mass is 10.0.